The van der Waals surface area contributed by atoms with Gasteiger partial charge in [-0.15, -0.1) is 0 Å². The molecule has 9 rings (SSSR count). The van der Waals surface area contributed by atoms with Gasteiger partial charge in [0.25, 0.3) is 0 Å². The van der Waals surface area contributed by atoms with Crippen molar-refractivity contribution in [2.24, 2.45) is 0 Å². The Bertz CT molecular complexity index is 3960. The van der Waals surface area contributed by atoms with Crippen molar-refractivity contribution in [2.45, 2.75) is 12.3 Å². The third-order valence-corrected chi connectivity index (χ3v) is 7.44. The van der Waals surface area contributed by atoms with Crippen LogP contribution in [0.25, 0.3) is 65.7 Å². The summed E-state index contributed by atoms with van der Waals surface area (Å²) in [5, 5.41) is -3.81. The monoisotopic (exact) mass is 588 g/mol. The van der Waals surface area contributed by atoms with E-state index in [4.69, 9.17) is 28.8 Å². The van der Waals surface area contributed by atoms with Gasteiger partial charge in [0, 0.05) is 9.53 Å². The second-order valence-corrected chi connectivity index (χ2v) is 9.75. The molecule has 0 radical (unpaired) electrons. The van der Waals surface area contributed by atoms with Gasteiger partial charge in [-0.2, -0.15) is 0 Å². The third kappa shape index (κ3) is 3.58. The van der Waals surface area contributed by atoms with Crippen molar-refractivity contribution in [3.8, 4) is 33.4 Å². The number of hydrogen-bond donors (Lipinski definition) is 0. The molecule has 1 aliphatic rings. The molecule has 0 N–H and O–H groups in total. The Kier molecular flexibility index (Phi) is 2.01. The SMILES string of the molecule is [2H]c1c([2H])c([2H])c(C2(C([2H])([2H])[2H])c3c([2H])c([2H])c([2H])c([2H])c3-c3c([2H])c([2H])c(-c4c([2H])c([2H])c(-c5c6c([2H])c([2H])c([2H])c([2H])c6c([2H])c6c5c([2H])c([2H])c5c([2H])c([2H])c([2H])c([2H])c56)c([2H])c4[2H])c([2H])c32)c([2H])c1[2H]. The highest BCUT2D eigenvalue weighted by Gasteiger charge is 2.40. The van der Waals surface area contributed by atoms with Gasteiger partial charge >= 0.3 is 0 Å². The van der Waals surface area contributed by atoms with Crippen LogP contribution in [0.3, 0.4) is 0 Å². The van der Waals surface area contributed by atoms with E-state index < -0.39 is 258 Å². The zero-order chi connectivity index (χ0) is 55.2. The van der Waals surface area contributed by atoms with Crippen LogP contribution in [0.15, 0.2) is 163 Å². The lowest BCUT2D eigenvalue weighted by Crippen LogP contribution is -2.22. The van der Waals surface area contributed by atoms with Crippen LogP contribution in [0.5, 0.6) is 0 Å². The molecular weight excluding hydrogens is 528 g/mol. The minimum Gasteiger partial charge on any atom is -0.0622 e. The first-order valence-electron chi connectivity index (χ1n) is 28.0. The van der Waals surface area contributed by atoms with E-state index in [1.165, 1.54) is 0 Å². The first-order chi connectivity index (χ1) is 34.2. The van der Waals surface area contributed by atoms with E-state index in [9.17, 15) is 12.3 Å². The standard InChI is InChI=1S/C44H30/c1-44(34-13-3-2-4-14-34)41-18-10-9-17-37(41)38-25-24-32(28-42(38)44)29-19-21-31(22-20-29)43-36-16-8-6-12-33(36)27-40-35-15-7-5-11-30(35)23-26-39(40)43/h2-28H,1H3/i1D3,2D,3D,4D,5D,6D,7D,8D,9D,10D,11D,12D,13D,14D,15D,16D,17D,18D,19D,20D,21D,22D,23D,24D,25D,26D,27D,28D. The molecule has 0 amide bonds. The van der Waals surface area contributed by atoms with Crippen LogP contribution in [-0.4, -0.2) is 0 Å². The van der Waals surface area contributed by atoms with Crippen LogP contribution in [-0.2, 0) is 5.41 Å². The second kappa shape index (κ2) is 9.53. The molecular formula is C44H30. The fraction of sp³-hybridized carbons (Fsp3) is 0.0455. The van der Waals surface area contributed by atoms with E-state index in [1.807, 2.05) is 0 Å². The van der Waals surface area contributed by atoms with E-state index in [2.05, 4.69) is 0 Å². The lowest BCUT2D eigenvalue weighted by Gasteiger charge is -2.28. The van der Waals surface area contributed by atoms with E-state index in [0.29, 0.717) is 0 Å². The van der Waals surface area contributed by atoms with Gasteiger partial charge in [0.2, 0.25) is 0 Å². The minimum absolute atomic E-state index is 0.571. The summed E-state index contributed by atoms with van der Waals surface area (Å²) in [4.78, 5) is 0. The zero-order valence-electron chi connectivity index (χ0n) is 52.0. The van der Waals surface area contributed by atoms with Crippen molar-refractivity contribution in [1.29, 1.82) is 0 Å². The molecule has 0 aromatic heterocycles. The molecule has 1 atom stereocenters. The van der Waals surface area contributed by atoms with E-state index >= 15 is 0 Å². The molecule has 1 unspecified atom stereocenters. The number of benzene rings is 8. The van der Waals surface area contributed by atoms with Gasteiger partial charge in [0.05, 0.1) is 37.0 Å². The van der Waals surface area contributed by atoms with Crippen molar-refractivity contribution in [3.63, 3.8) is 0 Å². The average molecular weight is 589 g/mol. The highest BCUT2D eigenvalue weighted by atomic mass is 14.4. The molecule has 8 aromatic carbocycles. The van der Waals surface area contributed by atoms with E-state index in [0.717, 1.165) is 0 Å². The molecule has 0 saturated heterocycles. The van der Waals surface area contributed by atoms with E-state index in [-0.39, 0.29) is 0 Å². The summed E-state index contributed by atoms with van der Waals surface area (Å²) in [5.41, 5.74) is -11.9. The molecule has 0 nitrogen and oxygen atoms in total. The van der Waals surface area contributed by atoms with Gasteiger partial charge in [0.15, 0.2) is 0 Å². The molecule has 0 spiro atoms. The van der Waals surface area contributed by atoms with E-state index in [1.54, 1.807) is 0 Å². The Morgan fingerprint density at radius 2 is 1.09 bits per heavy atom. The van der Waals surface area contributed by atoms with Crippen LogP contribution in [0.4, 0.5) is 0 Å². The predicted octanol–water partition coefficient (Wildman–Crippen LogP) is 11.8. The maximum atomic E-state index is 9.86. The van der Waals surface area contributed by atoms with Crippen LogP contribution in [0, 0.1) is 0 Å². The molecule has 0 bridgehead atoms. The minimum atomic E-state index is -3.84. The fourth-order valence-electron chi connectivity index (χ4n) is 5.47. The largest absolute Gasteiger partial charge is 0.0636 e. The smallest absolute Gasteiger partial charge is 0.0622 e. The highest BCUT2D eigenvalue weighted by molar-refractivity contribution is 6.20. The maximum absolute atomic E-state index is 9.86. The molecule has 8 aromatic rings. The number of hydrogen-bond acceptors (Lipinski definition) is 0. The fourth-order valence-corrected chi connectivity index (χ4v) is 5.47. The number of rotatable bonds is 3. The van der Waals surface area contributed by atoms with Gasteiger partial charge in [-0.3, -0.25) is 0 Å². The zero-order valence-corrected chi connectivity index (χ0v) is 22.0. The topological polar surface area (TPSA) is 0 Å². The van der Waals surface area contributed by atoms with Crippen LogP contribution >= 0.6 is 0 Å². The Labute approximate surface area is 300 Å². The Morgan fingerprint density at radius 3 is 1.93 bits per heavy atom. The molecule has 0 saturated carbocycles. The Hall–Kier alpha value is -5.46. The molecule has 0 heteroatoms. The first-order valence-corrected chi connectivity index (χ1v) is 13.0. The van der Waals surface area contributed by atoms with Crippen molar-refractivity contribution in [2.75, 3.05) is 0 Å². The molecule has 0 fully saturated rings. The van der Waals surface area contributed by atoms with Gasteiger partial charge in [0.1, 0.15) is 0 Å². The van der Waals surface area contributed by atoms with Gasteiger partial charge < -0.3 is 0 Å². The average Bonchev–Trinajstić information content (AvgIpc) is 3.68. The summed E-state index contributed by atoms with van der Waals surface area (Å²) in [6.45, 7) is -3.84. The van der Waals surface area contributed by atoms with Crippen molar-refractivity contribution < 1.29 is 41.1 Å². The lowest BCUT2D eigenvalue weighted by molar-refractivity contribution is 0.714. The van der Waals surface area contributed by atoms with Gasteiger partial charge in [-0.25, -0.2) is 0 Å². The van der Waals surface area contributed by atoms with Crippen molar-refractivity contribution in [3.05, 3.63) is 180 Å². The normalized spacial score (nSPS) is 25.4. The molecule has 206 valence electrons. The highest BCUT2D eigenvalue weighted by Crippen LogP contribution is 2.53. The summed E-state index contributed by atoms with van der Waals surface area (Å²) < 4.78 is 270. The first kappa shape index (κ1) is 9.27. The van der Waals surface area contributed by atoms with Crippen LogP contribution in [0.1, 0.15) is 64.7 Å². The lowest BCUT2D eigenvalue weighted by atomic mass is 9.74. The summed E-state index contributed by atoms with van der Waals surface area (Å²) >= 11 is 0. The molecule has 1 aliphatic carbocycles. The van der Waals surface area contributed by atoms with Crippen LogP contribution in [0.2, 0.25) is 0 Å². The number of fused-ring (bicyclic) bond motifs is 7. The molecule has 0 heterocycles. The van der Waals surface area contributed by atoms with Crippen LogP contribution < -0.4 is 0 Å². The summed E-state index contributed by atoms with van der Waals surface area (Å²) in [5.74, 6) is 0. The summed E-state index contributed by atoms with van der Waals surface area (Å²) in [6.07, 6.45) is 0. The molecule has 0 aliphatic heterocycles. The van der Waals surface area contributed by atoms with Gasteiger partial charge in [-0.05, 0) is 101 Å². The Morgan fingerprint density at radius 1 is 0.432 bits per heavy atom. The molecule has 44 heavy (non-hydrogen) atoms. The Balaban J connectivity index is 1.52. The predicted molar refractivity (Wildman–Crippen MR) is 187 cm³/mol. The van der Waals surface area contributed by atoms with Crippen molar-refractivity contribution in [1.82, 2.24) is 0 Å². The second-order valence-electron chi connectivity index (χ2n) is 9.75. The summed E-state index contributed by atoms with van der Waals surface area (Å²) in [7, 11) is 0. The third-order valence-electron chi connectivity index (χ3n) is 7.44. The van der Waals surface area contributed by atoms with Gasteiger partial charge in [-0.1, -0.05) is 151 Å². The maximum Gasteiger partial charge on any atom is 0.0636 e. The summed E-state index contributed by atoms with van der Waals surface area (Å²) in [6, 6.07) is -28.0. The quantitative estimate of drug-likeness (QED) is 0.142. The van der Waals surface area contributed by atoms with Crippen molar-refractivity contribution >= 4 is 32.3 Å².